The molecule has 230 valence electrons. The quantitative estimate of drug-likeness (QED) is 0.0679. The maximum absolute atomic E-state index is 11.6. The lowest BCUT2D eigenvalue weighted by Crippen LogP contribution is -2.13. The summed E-state index contributed by atoms with van der Waals surface area (Å²) in [6.45, 7) is 2.24. The summed E-state index contributed by atoms with van der Waals surface area (Å²) >= 11 is 0. The average molecular weight is 559 g/mol. The van der Waals surface area contributed by atoms with Crippen LogP contribution in [0, 0.1) is 5.92 Å². The van der Waals surface area contributed by atoms with Crippen molar-refractivity contribution in [3.63, 3.8) is 0 Å². The van der Waals surface area contributed by atoms with Gasteiger partial charge in [-0.2, -0.15) is 0 Å². The van der Waals surface area contributed by atoms with Crippen LogP contribution in [0.4, 0.5) is 0 Å². The van der Waals surface area contributed by atoms with E-state index in [2.05, 4.69) is 55.5 Å². The molecule has 0 amide bonds. The van der Waals surface area contributed by atoms with E-state index in [0.717, 1.165) is 96.3 Å². The summed E-state index contributed by atoms with van der Waals surface area (Å²) in [6, 6.07) is 0. The van der Waals surface area contributed by atoms with Gasteiger partial charge in [-0.1, -0.05) is 120 Å². The molecule has 0 fully saturated rings. The van der Waals surface area contributed by atoms with E-state index in [-0.39, 0.29) is 5.92 Å². The summed E-state index contributed by atoms with van der Waals surface area (Å²) in [5, 5.41) is 18.2. The molecular formula is C36H62O4. The van der Waals surface area contributed by atoms with Crippen molar-refractivity contribution in [2.45, 2.75) is 161 Å². The molecule has 0 saturated heterocycles. The molecule has 1 unspecified atom stereocenters. The van der Waals surface area contributed by atoms with Crippen molar-refractivity contribution in [2.75, 3.05) is 0 Å². The molecule has 1 atom stereocenters. The molecule has 4 nitrogen and oxygen atoms in total. The van der Waals surface area contributed by atoms with Gasteiger partial charge in [-0.15, -0.1) is 0 Å². The molecule has 0 aliphatic heterocycles. The van der Waals surface area contributed by atoms with E-state index >= 15 is 0 Å². The highest BCUT2D eigenvalue weighted by Gasteiger charge is 2.16. The van der Waals surface area contributed by atoms with Crippen LogP contribution in [0.3, 0.4) is 0 Å². The third kappa shape index (κ3) is 30.4. The summed E-state index contributed by atoms with van der Waals surface area (Å²) < 4.78 is 0. The van der Waals surface area contributed by atoms with Crippen molar-refractivity contribution in [3.8, 4) is 0 Å². The van der Waals surface area contributed by atoms with Gasteiger partial charge in [-0.25, -0.2) is 0 Å². The van der Waals surface area contributed by atoms with Gasteiger partial charge in [0.05, 0.1) is 5.92 Å². The Kier molecular flexibility index (Phi) is 29.8. The second-order valence-corrected chi connectivity index (χ2v) is 11.2. The second kappa shape index (κ2) is 31.4. The van der Waals surface area contributed by atoms with Crippen LogP contribution in [0.5, 0.6) is 0 Å². The van der Waals surface area contributed by atoms with E-state index in [1.807, 2.05) is 0 Å². The largest absolute Gasteiger partial charge is 0.481 e. The van der Waals surface area contributed by atoms with Crippen LogP contribution in [0.25, 0.3) is 0 Å². The van der Waals surface area contributed by atoms with E-state index in [4.69, 9.17) is 5.11 Å². The van der Waals surface area contributed by atoms with E-state index in [9.17, 15) is 14.7 Å². The van der Waals surface area contributed by atoms with E-state index in [1.54, 1.807) is 0 Å². The predicted molar refractivity (Wildman–Crippen MR) is 172 cm³/mol. The summed E-state index contributed by atoms with van der Waals surface area (Å²) in [6.07, 6.45) is 43.6. The zero-order valence-electron chi connectivity index (χ0n) is 25.9. The Morgan fingerprint density at radius 1 is 0.500 bits per heavy atom. The number of allylic oxidation sites excluding steroid dienone is 8. The highest BCUT2D eigenvalue weighted by Crippen LogP contribution is 2.19. The van der Waals surface area contributed by atoms with E-state index in [0.29, 0.717) is 6.42 Å². The maximum Gasteiger partial charge on any atom is 0.306 e. The average Bonchev–Trinajstić information content (AvgIpc) is 2.93. The summed E-state index contributed by atoms with van der Waals surface area (Å²) in [5.41, 5.74) is 0. The van der Waals surface area contributed by atoms with Gasteiger partial charge in [0, 0.05) is 6.42 Å². The molecule has 0 aromatic carbocycles. The number of aliphatic carboxylic acids is 2. The molecule has 0 heterocycles. The Labute approximate surface area is 247 Å². The number of unbranched alkanes of at least 4 members (excludes halogenated alkanes) is 15. The highest BCUT2D eigenvalue weighted by molar-refractivity contribution is 5.69. The molecule has 0 aromatic heterocycles. The number of carboxylic acids is 2. The number of carbonyl (C=O) groups is 2. The standard InChI is InChI=1S/C36H62O4/c1-2-3-4-5-6-7-8-9-13-16-19-22-25-28-31-34(36(39)40)32-29-26-23-20-17-14-11-10-12-15-18-21-24-27-30-33-35(37)38/h6-7,9-10,12-14,17,34H,2-5,8,11,15-16,18-33H2,1H3,(H,37,38)(H,39,40). The fraction of sp³-hybridized carbons (Fsp3) is 0.722. The topological polar surface area (TPSA) is 74.6 Å². The third-order valence-electron chi connectivity index (χ3n) is 7.39. The lowest BCUT2D eigenvalue weighted by molar-refractivity contribution is -0.142. The Hall–Kier alpha value is -2.10. The van der Waals surface area contributed by atoms with Crippen molar-refractivity contribution >= 4 is 11.9 Å². The fourth-order valence-corrected chi connectivity index (χ4v) is 4.82. The van der Waals surface area contributed by atoms with Crippen LogP contribution in [0.1, 0.15) is 161 Å². The van der Waals surface area contributed by atoms with Crippen molar-refractivity contribution in [2.24, 2.45) is 5.92 Å². The van der Waals surface area contributed by atoms with E-state index in [1.165, 1.54) is 51.4 Å². The van der Waals surface area contributed by atoms with Crippen LogP contribution in [-0.2, 0) is 9.59 Å². The van der Waals surface area contributed by atoms with Gasteiger partial charge in [-0.05, 0) is 83.5 Å². The van der Waals surface area contributed by atoms with Gasteiger partial charge in [0.15, 0.2) is 0 Å². The first-order chi connectivity index (χ1) is 19.6. The molecule has 2 N–H and O–H groups in total. The van der Waals surface area contributed by atoms with Crippen LogP contribution >= 0.6 is 0 Å². The molecular weight excluding hydrogens is 496 g/mol. The molecule has 0 saturated carbocycles. The molecule has 40 heavy (non-hydrogen) atoms. The molecule has 0 spiro atoms. The molecule has 0 aliphatic carbocycles. The van der Waals surface area contributed by atoms with Crippen molar-refractivity contribution in [1.82, 2.24) is 0 Å². The van der Waals surface area contributed by atoms with Crippen LogP contribution in [0.2, 0.25) is 0 Å². The van der Waals surface area contributed by atoms with Gasteiger partial charge in [-0.3, -0.25) is 9.59 Å². The molecule has 0 rings (SSSR count). The minimum absolute atomic E-state index is 0.172. The van der Waals surface area contributed by atoms with Gasteiger partial charge in [0.1, 0.15) is 0 Å². The summed E-state index contributed by atoms with van der Waals surface area (Å²) in [5.74, 6) is -1.48. The minimum atomic E-state index is -0.689. The second-order valence-electron chi connectivity index (χ2n) is 11.2. The normalized spacial score (nSPS) is 12.9. The highest BCUT2D eigenvalue weighted by atomic mass is 16.4. The zero-order chi connectivity index (χ0) is 29.4. The first kappa shape index (κ1) is 37.9. The molecule has 0 bridgehead atoms. The Balaban J connectivity index is 3.60. The van der Waals surface area contributed by atoms with Crippen molar-refractivity contribution < 1.29 is 19.8 Å². The molecule has 0 radical (unpaired) electrons. The monoisotopic (exact) mass is 558 g/mol. The van der Waals surface area contributed by atoms with Crippen LogP contribution < -0.4 is 0 Å². The number of hydrogen-bond acceptors (Lipinski definition) is 2. The lowest BCUT2D eigenvalue weighted by atomic mass is 9.94. The van der Waals surface area contributed by atoms with Gasteiger partial charge in [0.2, 0.25) is 0 Å². The van der Waals surface area contributed by atoms with E-state index < -0.39 is 11.9 Å². The summed E-state index contributed by atoms with van der Waals surface area (Å²) in [4.78, 5) is 22.1. The number of rotatable bonds is 30. The Bertz CT molecular complexity index is 689. The Morgan fingerprint density at radius 2 is 0.875 bits per heavy atom. The van der Waals surface area contributed by atoms with Gasteiger partial charge in [0.25, 0.3) is 0 Å². The molecule has 0 aliphatic rings. The lowest BCUT2D eigenvalue weighted by Gasteiger charge is -2.11. The van der Waals surface area contributed by atoms with Gasteiger partial charge < -0.3 is 10.2 Å². The fourth-order valence-electron chi connectivity index (χ4n) is 4.82. The molecule has 0 aromatic rings. The zero-order valence-corrected chi connectivity index (χ0v) is 25.9. The van der Waals surface area contributed by atoms with Crippen molar-refractivity contribution in [1.29, 1.82) is 0 Å². The Morgan fingerprint density at radius 3 is 1.30 bits per heavy atom. The van der Waals surface area contributed by atoms with Crippen LogP contribution in [-0.4, -0.2) is 22.2 Å². The van der Waals surface area contributed by atoms with Crippen molar-refractivity contribution in [3.05, 3.63) is 48.6 Å². The third-order valence-corrected chi connectivity index (χ3v) is 7.39. The SMILES string of the molecule is CCCCCC=CCC=CCCCCCCC(CCCCCC=CCC=CCCCCCCCC(=O)O)C(=O)O. The first-order valence-corrected chi connectivity index (χ1v) is 16.6. The predicted octanol–water partition coefficient (Wildman–Crippen LogP) is 11.4. The summed E-state index contributed by atoms with van der Waals surface area (Å²) in [7, 11) is 0. The minimum Gasteiger partial charge on any atom is -0.481 e. The number of hydrogen-bond donors (Lipinski definition) is 2. The first-order valence-electron chi connectivity index (χ1n) is 16.6. The maximum atomic E-state index is 11.6. The van der Waals surface area contributed by atoms with Gasteiger partial charge >= 0.3 is 11.9 Å². The number of carboxylic acid groups (broad SMARTS) is 2. The smallest absolute Gasteiger partial charge is 0.306 e. The van der Waals surface area contributed by atoms with Crippen LogP contribution in [0.15, 0.2) is 48.6 Å². The molecule has 4 heteroatoms.